The summed E-state index contributed by atoms with van der Waals surface area (Å²) in [7, 11) is -3.32. The Kier molecular flexibility index (Phi) is 3.53. The number of hydrogen-bond acceptors (Lipinski definition) is 5. The van der Waals surface area contributed by atoms with Crippen molar-refractivity contribution in [1.82, 2.24) is 4.98 Å². The fourth-order valence-corrected chi connectivity index (χ4v) is 2.66. The minimum Gasteiger partial charge on any atom is -0.436 e. The molecule has 0 atom stereocenters. The van der Waals surface area contributed by atoms with E-state index in [2.05, 4.69) is 9.71 Å². The van der Waals surface area contributed by atoms with Crippen LogP contribution in [0.5, 0.6) is 0 Å². The first-order chi connectivity index (χ1) is 10.8. The lowest BCUT2D eigenvalue weighted by Gasteiger charge is -2.03. The zero-order valence-electron chi connectivity index (χ0n) is 12.1. The SMILES string of the molecule is CS(=O)(=O)Nc1ccc(-c2nc3cc(C(N)=O)ccc3o2)cc1. The molecule has 0 saturated carbocycles. The van der Waals surface area contributed by atoms with Gasteiger partial charge in [-0.05, 0) is 42.5 Å². The molecule has 1 aromatic heterocycles. The molecule has 0 aliphatic heterocycles. The normalized spacial score (nSPS) is 11.5. The van der Waals surface area contributed by atoms with Crippen LogP contribution in [0.25, 0.3) is 22.6 Å². The number of rotatable bonds is 4. The standard InChI is InChI=1S/C15H13N3O4S/c1-23(20,21)18-11-5-2-9(3-6-11)15-17-12-8-10(14(16)19)4-7-13(12)22-15/h2-8,18H,1H3,(H2,16,19). The molecule has 0 aliphatic carbocycles. The molecule has 2 aromatic carbocycles. The zero-order valence-corrected chi connectivity index (χ0v) is 12.9. The van der Waals surface area contributed by atoms with Gasteiger partial charge in [0.2, 0.25) is 21.8 Å². The maximum Gasteiger partial charge on any atom is 0.248 e. The number of aromatic nitrogens is 1. The van der Waals surface area contributed by atoms with Crippen LogP contribution in [0.3, 0.4) is 0 Å². The van der Waals surface area contributed by atoms with Crippen molar-refractivity contribution in [2.24, 2.45) is 5.73 Å². The van der Waals surface area contributed by atoms with Gasteiger partial charge in [0.1, 0.15) is 5.52 Å². The Hall–Kier alpha value is -2.87. The van der Waals surface area contributed by atoms with Crippen LogP contribution < -0.4 is 10.5 Å². The second kappa shape index (κ2) is 5.40. The van der Waals surface area contributed by atoms with Crippen LogP contribution in [-0.2, 0) is 10.0 Å². The molecule has 118 valence electrons. The number of anilines is 1. The molecule has 0 radical (unpaired) electrons. The molecule has 1 heterocycles. The lowest BCUT2D eigenvalue weighted by atomic mass is 10.2. The van der Waals surface area contributed by atoms with Crippen molar-refractivity contribution >= 4 is 32.7 Å². The Balaban J connectivity index is 1.95. The molecule has 3 aromatic rings. The third-order valence-corrected chi connectivity index (χ3v) is 3.71. The van der Waals surface area contributed by atoms with Crippen molar-refractivity contribution in [3.8, 4) is 11.5 Å². The first kappa shape index (κ1) is 15.0. The van der Waals surface area contributed by atoms with E-state index in [4.69, 9.17) is 10.2 Å². The highest BCUT2D eigenvalue weighted by atomic mass is 32.2. The van der Waals surface area contributed by atoms with E-state index in [-0.39, 0.29) is 0 Å². The average Bonchev–Trinajstić information content (AvgIpc) is 2.89. The molecule has 0 unspecified atom stereocenters. The molecule has 0 fully saturated rings. The summed E-state index contributed by atoms with van der Waals surface area (Å²) in [5, 5.41) is 0. The fourth-order valence-electron chi connectivity index (χ4n) is 2.10. The van der Waals surface area contributed by atoms with Crippen LogP contribution in [-0.4, -0.2) is 25.6 Å². The first-order valence-corrected chi connectivity index (χ1v) is 8.49. The summed E-state index contributed by atoms with van der Waals surface area (Å²) in [5.41, 5.74) is 7.77. The maximum atomic E-state index is 11.2. The zero-order chi connectivity index (χ0) is 16.6. The van der Waals surface area contributed by atoms with E-state index in [0.717, 1.165) is 6.26 Å². The van der Waals surface area contributed by atoms with Gasteiger partial charge in [-0.15, -0.1) is 0 Å². The molecule has 0 bridgehead atoms. The van der Waals surface area contributed by atoms with Crippen molar-refractivity contribution in [2.45, 2.75) is 0 Å². The molecule has 0 spiro atoms. The van der Waals surface area contributed by atoms with Crippen LogP contribution in [0.4, 0.5) is 5.69 Å². The van der Waals surface area contributed by atoms with Crippen LogP contribution >= 0.6 is 0 Å². The second-order valence-electron chi connectivity index (χ2n) is 5.02. The topological polar surface area (TPSA) is 115 Å². The van der Waals surface area contributed by atoms with E-state index in [1.54, 1.807) is 42.5 Å². The van der Waals surface area contributed by atoms with Gasteiger partial charge in [-0.25, -0.2) is 13.4 Å². The fraction of sp³-hybridized carbons (Fsp3) is 0.0667. The van der Waals surface area contributed by atoms with Gasteiger partial charge in [0.05, 0.1) is 6.26 Å². The Morgan fingerprint density at radius 3 is 2.48 bits per heavy atom. The van der Waals surface area contributed by atoms with E-state index >= 15 is 0 Å². The molecule has 7 nitrogen and oxygen atoms in total. The van der Waals surface area contributed by atoms with Gasteiger partial charge in [-0.1, -0.05) is 0 Å². The maximum absolute atomic E-state index is 11.2. The van der Waals surface area contributed by atoms with Crippen molar-refractivity contribution < 1.29 is 17.6 Å². The number of benzene rings is 2. The van der Waals surface area contributed by atoms with Crippen LogP contribution in [0, 0.1) is 0 Å². The molecular weight excluding hydrogens is 318 g/mol. The Morgan fingerprint density at radius 1 is 1.17 bits per heavy atom. The number of carbonyl (C=O) groups is 1. The Bertz CT molecular complexity index is 991. The lowest BCUT2D eigenvalue weighted by molar-refractivity contribution is 0.100. The summed E-state index contributed by atoms with van der Waals surface area (Å²) in [6.45, 7) is 0. The van der Waals surface area contributed by atoms with Gasteiger partial charge in [0.25, 0.3) is 0 Å². The highest BCUT2D eigenvalue weighted by Gasteiger charge is 2.11. The average molecular weight is 331 g/mol. The number of hydrogen-bond donors (Lipinski definition) is 2. The van der Waals surface area contributed by atoms with E-state index in [9.17, 15) is 13.2 Å². The number of nitrogens with two attached hydrogens (primary N) is 1. The third kappa shape index (κ3) is 3.32. The van der Waals surface area contributed by atoms with Crippen molar-refractivity contribution in [3.63, 3.8) is 0 Å². The van der Waals surface area contributed by atoms with Gasteiger partial charge < -0.3 is 10.2 Å². The Labute approximate surface area is 132 Å². The number of carbonyl (C=O) groups excluding carboxylic acids is 1. The highest BCUT2D eigenvalue weighted by molar-refractivity contribution is 7.92. The lowest BCUT2D eigenvalue weighted by Crippen LogP contribution is -2.10. The number of oxazole rings is 1. The van der Waals surface area contributed by atoms with E-state index < -0.39 is 15.9 Å². The molecular formula is C15H13N3O4S. The quantitative estimate of drug-likeness (QED) is 0.758. The Morgan fingerprint density at radius 2 is 1.87 bits per heavy atom. The second-order valence-corrected chi connectivity index (χ2v) is 6.77. The van der Waals surface area contributed by atoms with Crippen molar-refractivity contribution in [3.05, 3.63) is 48.0 Å². The molecule has 0 aliphatic rings. The van der Waals surface area contributed by atoms with Gasteiger partial charge >= 0.3 is 0 Å². The molecule has 3 rings (SSSR count). The summed E-state index contributed by atoms with van der Waals surface area (Å²) >= 11 is 0. The first-order valence-electron chi connectivity index (χ1n) is 6.60. The van der Waals surface area contributed by atoms with Gasteiger partial charge in [0.15, 0.2) is 5.58 Å². The van der Waals surface area contributed by atoms with E-state index in [0.29, 0.717) is 33.8 Å². The van der Waals surface area contributed by atoms with E-state index in [1.807, 2.05) is 0 Å². The number of sulfonamides is 1. The van der Waals surface area contributed by atoms with Crippen molar-refractivity contribution in [1.29, 1.82) is 0 Å². The predicted octanol–water partition coefficient (Wildman–Crippen LogP) is 1.97. The molecule has 1 amide bonds. The predicted molar refractivity (Wildman–Crippen MR) is 86.4 cm³/mol. The summed E-state index contributed by atoms with van der Waals surface area (Å²) < 4.78 is 30.4. The minimum absolute atomic E-state index is 0.352. The number of amides is 1. The summed E-state index contributed by atoms with van der Waals surface area (Å²) in [5.74, 6) is -0.167. The highest BCUT2D eigenvalue weighted by Crippen LogP contribution is 2.26. The smallest absolute Gasteiger partial charge is 0.248 e. The number of fused-ring (bicyclic) bond motifs is 1. The van der Waals surface area contributed by atoms with Crippen LogP contribution in [0.2, 0.25) is 0 Å². The third-order valence-electron chi connectivity index (χ3n) is 3.11. The largest absolute Gasteiger partial charge is 0.436 e. The molecule has 23 heavy (non-hydrogen) atoms. The minimum atomic E-state index is -3.32. The van der Waals surface area contributed by atoms with Gasteiger partial charge in [-0.3, -0.25) is 9.52 Å². The summed E-state index contributed by atoms with van der Waals surface area (Å²) in [4.78, 5) is 15.5. The van der Waals surface area contributed by atoms with Gasteiger partial charge in [-0.2, -0.15) is 0 Å². The summed E-state index contributed by atoms with van der Waals surface area (Å²) in [6, 6.07) is 11.4. The van der Waals surface area contributed by atoms with Crippen LogP contribution in [0.15, 0.2) is 46.9 Å². The van der Waals surface area contributed by atoms with E-state index in [1.165, 1.54) is 0 Å². The monoisotopic (exact) mass is 331 g/mol. The molecule has 3 N–H and O–H groups in total. The molecule has 8 heteroatoms. The van der Waals surface area contributed by atoms with Gasteiger partial charge in [0, 0.05) is 16.8 Å². The molecule has 0 saturated heterocycles. The number of primary amides is 1. The summed E-state index contributed by atoms with van der Waals surface area (Å²) in [6.07, 6.45) is 1.08. The number of nitrogens with one attached hydrogen (secondary N) is 1. The van der Waals surface area contributed by atoms with Crippen LogP contribution in [0.1, 0.15) is 10.4 Å². The van der Waals surface area contributed by atoms with Crippen molar-refractivity contribution in [2.75, 3.05) is 11.0 Å². The number of nitrogens with zero attached hydrogens (tertiary/aromatic N) is 1.